The lowest BCUT2D eigenvalue weighted by Gasteiger charge is -2.20. The van der Waals surface area contributed by atoms with Crippen molar-refractivity contribution >= 4 is 11.7 Å². The molecule has 1 unspecified atom stereocenters. The van der Waals surface area contributed by atoms with Crippen LogP contribution in [0.25, 0.3) is 0 Å². The highest BCUT2D eigenvalue weighted by atomic mass is 16.5. The highest BCUT2D eigenvalue weighted by molar-refractivity contribution is 5.80. The van der Waals surface area contributed by atoms with Crippen molar-refractivity contribution in [2.24, 2.45) is 0 Å². The van der Waals surface area contributed by atoms with Crippen molar-refractivity contribution in [3.8, 4) is 11.5 Å². The minimum absolute atomic E-state index is 0.0944. The van der Waals surface area contributed by atoms with Crippen LogP contribution in [-0.2, 0) is 17.9 Å². The molecule has 1 atom stereocenters. The third-order valence-corrected chi connectivity index (χ3v) is 4.29. The first-order valence-corrected chi connectivity index (χ1v) is 9.85. The molecule has 8 nitrogen and oxygen atoms in total. The zero-order chi connectivity index (χ0) is 21.4. The molecule has 0 radical (unpaired) electrons. The number of hydrogen-bond donors (Lipinski definition) is 1. The van der Waals surface area contributed by atoms with Gasteiger partial charge in [-0.15, -0.1) is 0 Å². The molecule has 2 rings (SSSR count). The molecule has 0 spiro atoms. The van der Waals surface area contributed by atoms with Crippen molar-refractivity contribution in [3.05, 3.63) is 36.0 Å². The SMILES string of the molecule is CCOc1cc(CNc2ccn(CCN(C)C)n2)ccc1OC(C)C(=O)N(C)C. The van der Waals surface area contributed by atoms with Crippen LogP contribution in [0.5, 0.6) is 11.5 Å². The Bertz CT molecular complexity index is 788. The maximum atomic E-state index is 12.1. The molecule has 0 saturated carbocycles. The molecule has 0 fully saturated rings. The number of carbonyl (C=O) groups is 1. The van der Waals surface area contributed by atoms with E-state index >= 15 is 0 Å². The van der Waals surface area contributed by atoms with E-state index in [-0.39, 0.29) is 5.91 Å². The van der Waals surface area contributed by atoms with Crippen LogP contribution in [0.4, 0.5) is 5.82 Å². The Morgan fingerprint density at radius 2 is 1.97 bits per heavy atom. The van der Waals surface area contributed by atoms with Gasteiger partial charge in [0.15, 0.2) is 17.6 Å². The van der Waals surface area contributed by atoms with Crippen LogP contribution in [0.2, 0.25) is 0 Å². The van der Waals surface area contributed by atoms with Gasteiger partial charge in [-0.3, -0.25) is 9.48 Å². The zero-order valence-electron chi connectivity index (χ0n) is 18.3. The van der Waals surface area contributed by atoms with E-state index in [0.717, 1.165) is 24.5 Å². The number of likely N-dealkylation sites (N-methyl/N-ethyl adjacent to an activating group) is 2. The normalized spacial score (nSPS) is 12.0. The van der Waals surface area contributed by atoms with Crippen LogP contribution in [0.15, 0.2) is 30.5 Å². The smallest absolute Gasteiger partial charge is 0.262 e. The number of carbonyl (C=O) groups excluding carboxylic acids is 1. The van der Waals surface area contributed by atoms with Gasteiger partial charge >= 0.3 is 0 Å². The molecule has 0 aliphatic rings. The van der Waals surface area contributed by atoms with Crippen molar-refractivity contribution in [2.75, 3.05) is 46.7 Å². The summed E-state index contributed by atoms with van der Waals surface area (Å²) >= 11 is 0. The van der Waals surface area contributed by atoms with Gasteiger partial charge in [0.1, 0.15) is 5.82 Å². The monoisotopic (exact) mass is 403 g/mol. The minimum atomic E-state index is -0.584. The van der Waals surface area contributed by atoms with Crippen molar-refractivity contribution in [3.63, 3.8) is 0 Å². The van der Waals surface area contributed by atoms with Crippen LogP contribution in [0.3, 0.4) is 0 Å². The predicted octanol–water partition coefficient (Wildman–Crippen LogP) is 2.31. The molecule has 0 saturated heterocycles. The van der Waals surface area contributed by atoms with E-state index in [1.165, 1.54) is 4.90 Å². The first kappa shape index (κ1) is 22.5. The summed E-state index contributed by atoms with van der Waals surface area (Å²) in [5.41, 5.74) is 1.04. The molecule has 1 heterocycles. The van der Waals surface area contributed by atoms with Crippen LogP contribution in [0, 0.1) is 0 Å². The third kappa shape index (κ3) is 6.98. The molecular weight excluding hydrogens is 370 g/mol. The molecule has 1 amide bonds. The highest BCUT2D eigenvalue weighted by Gasteiger charge is 2.18. The second-order valence-corrected chi connectivity index (χ2v) is 7.33. The molecule has 0 aliphatic heterocycles. The minimum Gasteiger partial charge on any atom is -0.490 e. The van der Waals surface area contributed by atoms with Gasteiger partial charge in [-0.25, -0.2) is 0 Å². The van der Waals surface area contributed by atoms with Crippen LogP contribution >= 0.6 is 0 Å². The maximum absolute atomic E-state index is 12.1. The van der Waals surface area contributed by atoms with E-state index < -0.39 is 6.10 Å². The van der Waals surface area contributed by atoms with Crippen molar-refractivity contribution in [1.82, 2.24) is 19.6 Å². The Hall–Kier alpha value is -2.74. The Balaban J connectivity index is 2.01. The number of anilines is 1. The number of benzene rings is 1. The topological polar surface area (TPSA) is 71.9 Å². The number of nitrogens with zero attached hydrogens (tertiary/aromatic N) is 4. The van der Waals surface area contributed by atoms with Gasteiger partial charge in [-0.2, -0.15) is 5.10 Å². The zero-order valence-corrected chi connectivity index (χ0v) is 18.3. The first-order chi connectivity index (χ1) is 13.8. The molecule has 1 aromatic heterocycles. The van der Waals surface area contributed by atoms with Gasteiger partial charge in [-0.05, 0) is 45.6 Å². The van der Waals surface area contributed by atoms with E-state index in [9.17, 15) is 4.79 Å². The number of rotatable bonds is 11. The Kier molecular flexibility index (Phi) is 8.33. The second-order valence-electron chi connectivity index (χ2n) is 7.33. The first-order valence-electron chi connectivity index (χ1n) is 9.85. The fraction of sp³-hybridized carbons (Fsp3) is 0.524. The molecule has 2 aromatic rings. The predicted molar refractivity (Wildman–Crippen MR) is 115 cm³/mol. The quantitative estimate of drug-likeness (QED) is 0.621. The van der Waals surface area contributed by atoms with Crippen LogP contribution < -0.4 is 14.8 Å². The Labute approximate surface area is 173 Å². The van der Waals surface area contributed by atoms with Gasteiger partial charge in [0.05, 0.1) is 13.2 Å². The summed E-state index contributed by atoms with van der Waals surface area (Å²) in [7, 11) is 7.51. The van der Waals surface area contributed by atoms with Gasteiger partial charge in [0, 0.05) is 39.4 Å². The Morgan fingerprint density at radius 1 is 1.21 bits per heavy atom. The fourth-order valence-electron chi connectivity index (χ4n) is 2.71. The van der Waals surface area contributed by atoms with Crippen molar-refractivity contribution < 1.29 is 14.3 Å². The molecule has 0 bridgehead atoms. The maximum Gasteiger partial charge on any atom is 0.262 e. The summed E-state index contributed by atoms with van der Waals surface area (Å²) in [6.07, 6.45) is 1.39. The lowest BCUT2D eigenvalue weighted by Crippen LogP contribution is -2.35. The van der Waals surface area contributed by atoms with E-state index in [2.05, 4.69) is 15.3 Å². The largest absolute Gasteiger partial charge is 0.490 e. The van der Waals surface area contributed by atoms with Gasteiger partial charge in [0.25, 0.3) is 5.91 Å². The van der Waals surface area contributed by atoms with Crippen molar-refractivity contribution in [2.45, 2.75) is 33.0 Å². The summed E-state index contributed by atoms with van der Waals surface area (Å²) in [5.74, 6) is 1.92. The Morgan fingerprint density at radius 3 is 2.62 bits per heavy atom. The lowest BCUT2D eigenvalue weighted by atomic mass is 10.2. The van der Waals surface area contributed by atoms with Gasteiger partial charge < -0.3 is 24.6 Å². The van der Waals surface area contributed by atoms with E-state index in [0.29, 0.717) is 24.7 Å². The summed E-state index contributed by atoms with van der Waals surface area (Å²) in [5, 5.41) is 7.86. The average Bonchev–Trinajstić information content (AvgIpc) is 3.13. The molecule has 160 valence electrons. The number of hydrogen-bond acceptors (Lipinski definition) is 6. The summed E-state index contributed by atoms with van der Waals surface area (Å²) in [4.78, 5) is 15.7. The lowest BCUT2D eigenvalue weighted by molar-refractivity contribution is -0.135. The highest BCUT2D eigenvalue weighted by Crippen LogP contribution is 2.30. The summed E-state index contributed by atoms with van der Waals surface area (Å²) in [6, 6.07) is 7.70. The molecule has 8 heteroatoms. The van der Waals surface area contributed by atoms with E-state index in [4.69, 9.17) is 9.47 Å². The number of nitrogens with one attached hydrogen (secondary N) is 1. The van der Waals surface area contributed by atoms with Gasteiger partial charge in [0.2, 0.25) is 0 Å². The molecular formula is C21H33N5O3. The fourth-order valence-corrected chi connectivity index (χ4v) is 2.71. The standard InChI is InChI=1S/C21H33N5O3/c1-7-28-19-14-17(8-9-18(19)29-16(2)21(27)25(5)6)15-22-20-10-11-26(23-20)13-12-24(3)4/h8-11,14,16H,7,12-13,15H2,1-6H3,(H,22,23). The van der Waals surface area contributed by atoms with Crippen molar-refractivity contribution in [1.29, 1.82) is 0 Å². The summed E-state index contributed by atoms with van der Waals surface area (Å²) < 4.78 is 13.5. The van der Waals surface area contributed by atoms with E-state index in [1.54, 1.807) is 21.0 Å². The number of amides is 1. The second kappa shape index (κ2) is 10.7. The van der Waals surface area contributed by atoms with Gasteiger partial charge in [-0.1, -0.05) is 6.07 Å². The molecule has 1 N–H and O–H groups in total. The van der Waals surface area contributed by atoms with Crippen LogP contribution in [0.1, 0.15) is 19.4 Å². The van der Waals surface area contributed by atoms with E-state index in [1.807, 2.05) is 56.2 Å². The third-order valence-electron chi connectivity index (χ3n) is 4.29. The summed E-state index contributed by atoms with van der Waals surface area (Å²) in [6.45, 7) is 6.56. The molecule has 1 aromatic carbocycles. The average molecular weight is 404 g/mol. The number of ether oxygens (including phenoxy) is 2. The number of aromatic nitrogens is 2. The van der Waals surface area contributed by atoms with Crippen LogP contribution in [-0.4, -0.2) is 72.9 Å². The molecule has 0 aliphatic carbocycles. The molecule has 29 heavy (non-hydrogen) atoms.